The van der Waals surface area contributed by atoms with E-state index < -0.39 is 34.1 Å². The van der Waals surface area contributed by atoms with Gasteiger partial charge in [0.05, 0.1) is 17.7 Å². The molecule has 1 amide bonds. The Bertz CT molecular complexity index is 1130. The molecule has 3 aromatic rings. The fourth-order valence-electron chi connectivity index (χ4n) is 2.69. The fraction of sp³-hybridized carbons (Fsp3) is 0.0952. The van der Waals surface area contributed by atoms with Crippen LogP contribution in [0.5, 0.6) is 5.75 Å². The number of nitrogens with zero attached hydrogens (tertiary/aromatic N) is 1. The number of halogens is 2. The minimum absolute atomic E-state index is 0.182. The van der Waals surface area contributed by atoms with E-state index in [1.807, 2.05) is 0 Å². The van der Waals surface area contributed by atoms with Crippen LogP contribution in [0.15, 0.2) is 77.7 Å². The molecule has 0 atom stereocenters. The summed E-state index contributed by atoms with van der Waals surface area (Å²) in [6.07, 6.45) is 0. The van der Waals surface area contributed by atoms with Crippen LogP contribution in [0.25, 0.3) is 0 Å². The van der Waals surface area contributed by atoms with Crippen molar-refractivity contribution in [3.8, 4) is 5.75 Å². The van der Waals surface area contributed by atoms with Gasteiger partial charge in [0, 0.05) is 5.69 Å². The van der Waals surface area contributed by atoms with Crippen LogP contribution < -0.4 is 14.4 Å². The van der Waals surface area contributed by atoms with Crippen molar-refractivity contribution in [2.75, 3.05) is 23.3 Å². The molecule has 156 valence electrons. The smallest absolute Gasteiger partial charge is 0.264 e. The lowest BCUT2D eigenvalue weighted by molar-refractivity contribution is -0.114. The third-order valence-electron chi connectivity index (χ3n) is 4.16. The normalized spacial score (nSPS) is 11.0. The summed E-state index contributed by atoms with van der Waals surface area (Å²) in [5.74, 6) is -1.31. The molecule has 9 heteroatoms. The molecule has 1 N–H and O–H groups in total. The van der Waals surface area contributed by atoms with E-state index in [1.54, 1.807) is 12.1 Å². The van der Waals surface area contributed by atoms with E-state index in [4.69, 9.17) is 4.74 Å². The van der Waals surface area contributed by atoms with Crippen LogP contribution in [0.2, 0.25) is 0 Å². The minimum Gasteiger partial charge on any atom is -0.497 e. The zero-order chi connectivity index (χ0) is 21.7. The molecular weight excluding hydrogens is 414 g/mol. The molecule has 30 heavy (non-hydrogen) atoms. The van der Waals surface area contributed by atoms with Gasteiger partial charge in [-0.3, -0.25) is 9.10 Å². The Morgan fingerprint density at radius 2 is 1.63 bits per heavy atom. The summed E-state index contributed by atoms with van der Waals surface area (Å²) in [4.78, 5) is 12.4. The van der Waals surface area contributed by atoms with Crippen molar-refractivity contribution in [1.82, 2.24) is 0 Å². The summed E-state index contributed by atoms with van der Waals surface area (Å²) < 4.78 is 58.9. The third-order valence-corrected chi connectivity index (χ3v) is 5.95. The van der Waals surface area contributed by atoms with E-state index in [0.29, 0.717) is 5.75 Å². The molecule has 0 bridgehead atoms. The monoisotopic (exact) mass is 432 g/mol. The zero-order valence-electron chi connectivity index (χ0n) is 15.9. The first-order valence-corrected chi connectivity index (χ1v) is 10.2. The van der Waals surface area contributed by atoms with E-state index in [0.717, 1.165) is 34.6 Å². The van der Waals surface area contributed by atoms with Crippen molar-refractivity contribution >= 4 is 27.3 Å². The number of amides is 1. The highest BCUT2D eigenvalue weighted by Crippen LogP contribution is 2.26. The predicted molar refractivity (Wildman–Crippen MR) is 109 cm³/mol. The molecule has 0 saturated heterocycles. The molecule has 0 spiro atoms. The zero-order valence-corrected chi connectivity index (χ0v) is 16.7. The molecular formula is C21H18F2N2O4S. The Hall–Kier alpha value is -3.46. The topological polar surface area (TPSA) is 75.7 Å². The first kappa shape index (κ1) is 21.3. The Labute approximate surface area is 172 Å². The molecule has 0 heterocycles. The lowest BCUT2D eigenvalue weighted by Crippen LogP contribution is -2.38. The number of hydrogen-bond acceptors (Lipinski definition) is 4. The van der Waals surface area contributed by atoms with Crippen molar-refractivity contribution in [3.63, 3.8) is 0 Å². The van der Waals surface area contributed by atoms with E-state index in [1.165, 1.54) is 37.4 Å². The summed E-state index contributed by atoms with van der Waals surface area (Å²) >= 11 is 0. The summed E-state index contributed by atoms with van der Waals surface area (Å²) in [6.45, 7) is -0.581. The average Bonchev–Trinajstić information content (AvgIpc) is 2.72. The van der Waals surface area contributed by atoms with Crippen LogP contribution in [-0.4, -0.2) is 28.0 Å². The molecule has 0 aliphatic rings. The van der Waals surface area contributed by atoms with Crippen LogP contribution in [0, 0.1) is 11.6 Å². The molecule has 6 nitrogen and oxygen atoms in total. The van der Waals surface area contributed by atoms with E-state index in [-0.39, 0.29) is 16.3 Å². The maximum atomic E-state index is 13.4. The van der Waals surface area contributed by atoms with E-state index in [9.17, 15) is 22.0 Å². The number of sulfonamides is 1. The highest BCUT2D eigenvalue weighted by atomic mass is 32.2. The highest BCUT2D eigenvalue weighted by Gasteiger charge is 2.27. The molecule has 0 unspecified atom stereocenters. The number of nitrogens with one attached hydrogen (secondary N) is 1. The van der Waals surface area contributed by atoms with Gasteiger partial charge < -0.3 is 10.1 Å². The molecule has 0 aliphatic carbocycles. The van der Waals surface area contributed by atoms with Crippen LogP contribution in [0.1, 0.15) is 0 Å². The van der Waals surface area contributed by atoms with Gasteiger partial charge in [0.15, 0.2) is 0 Å². The van der Waals surface area contributed by atoms with Crippen molar-refractivity contribution in [2.45, 2.75) is 4.90 Å². The molecule has 3 aromatic carbocycles. The number of methoxy groups -OCH3 is 1. The molecule has 0 aromatic heterocycles. The summed E-state index contributed by atoms with van der Waals surface area (Å²) in [5, 5.41) is 2.47. The van der Waals surface area contributed by atoms with Gasteiger partial charge in [-0.2, -0.15) is 0 Å². The Balaban J connectivity index is 1.94. The van der Waals surface area contributed by atoms with Gasteiger partial charge in [0.25, 0.3) is 10.0 Å². The maximum absolute atomic E-state index is 13.4. The number of benzene rings is 3. The Kier molecular flexibility index (Phi) is 6.31. The largest absolute Gasteiger partial charge is 0.497 e. The number of rotatable bonds is 7. The quantitative estimate of drug-likeness (QED) is 0.616. The van der Waals surface area contributed by atoms with Gasteiger partial charge in [-0.1, -0.05) is 6.07 Å². The highest BCUT2D eigenvalue weighted by molar-refractivity contribution is 7.92. The SMILES string of the molecule is COc1ccc(N(CC(=O)Nc2cccc(F)c2)S(=O)(=O)c2ccc(F)cc2)cc1. The van der Waals surface area contributed by atoms with Gasteiger partial charge >= 0.3 is 0 Å². The first-order valence-electron chi connectivity index (χ1n) is 8.77. The predicted octanol–water partition coefficient (Wildman–Crippen LogP) is 3.81. The van der Waals surface area contributed by atoms with E-state index in [2.05, 4.69) is 5.32 Å². The Morgan fingerprint density at radius 3 is 2.23 bits per heavy atom. The molecule has 0 saturated carbocycles. The van der Waals surface area contributed by atoms with Gasteiger partial charge in [0.2, 0.25) is 5.91 Å². The van der Waals surface area contributed by atoms with Crippen molar-refractivity contribution in [1.29, 1.82) is 0 Å². The number of hydrogen-bond donors (Lipinski definition) is 1. The Morgan fingerprint density at radius 1 is 0.967 bits per heavy atom. The van der Waals surface area contributed by atoms with Crippen molar-refractivity contribution in [3.05, 3.63) is 84.4 Å². The van der Waals surface area contributed by atoms with Crippen LogP contribution >= 0.6 is 0 Å². The lowest BCUT2D eigenvalue weighted by Gasteiger charge is -2.24. The summed E-state index contributed by atoms with van der Waals surface area (Å²) in [6, 6.07) is 15.6. The third kappa shape index (κ3) is 4.93. The van der Waals surface area contributed by atoms with E-state index >= 15 is 0 Å². The number of anilines is 2. The van der Waals surface area contributed by atoms with Gasteiger partial charge in [-0.05, 0) is 66.7 Å². The maximum Gasteiger partial charge on any atom is 0.264 e. The summed E-state index contributed by atoms with van der Waals surface area (Å²) in [7, 11) is -2.73. The van der Waals surface area contributed by atoms with Crippen LogP contribution in [0.3, 0.4) is 0 Å². The van der Waals surface area contributed by atoms with Gasteiger partial charge in [-0.15, -0.1) is 0 Å². The standard InChI is InChI=1S/C21H18F2N2O4S/c1-29-19-9-7-18(8-10-19)25(30(27,28)20-11-5-15(22)6-12-20)14-21(26)24-17-4-2-3-16(23)13-17/h2-13H,14H2,1H3,(H,24,26). The molecule has 0 aliphatic heterocycles. The summed E-state index contributed by atoms with van der Waals surface area (Å²) in [5.41, 5.74) is 0.392. The van der Waals surface area contributed by atoms with Crippen LogP contribution in [-0.2, 0) is 14.8 Å². The number of ether oxygens (including phenoxy) is 1. The lowest BCUT2D eigenvalue weighted by atomic mass is 10.3. The minimum atomic E-state index is -4.20. The number of carbonyl (C=O) groups excluding carboxylic acids is 1. The second-order valence-corrected chi connectivity index (χ2v) is 8.08. The van der Waals surface area contributed by atoms with Crippen molar-refractivity contribution in [2.24, 2.45) is 0 Å². The average molecular weight is 432 g/mol. The molecule has 0 radical (unpaired) electrons. The van der Waals surface area contributed by atoms with Gasteiger partial charge in [0.1, 0.15) is 23.9 Å². The van der Waals surface area contributed by atoms with Crippen molar-refractivity contribution < 1.29 is 26.7 Å². The number of carbonyl (C=O) groups is 1. The fourth-order valence-corrected chi connectivity index (χ4v) is 4.12. The van der Waals surface area contributed by atoms with Crippen LogP contribution in [0.4, 0.5) is 20.2 Å². The van der Waals surface area contributed by atoms with Gasteiger partial charge in [-0.25, -0.2) is 17.2 Å². The first-order chi connectivity index (χ1) is 14.3. The molecule has 0 fully saturated rings. The second kappa shape index (κ2) is 8.91. The second-order valence-electron chi connectivity index (χ2n) is 6.22. The molecule has 3 rings (SSSR count).